The lowest BCUT2D eigenvalue weighted by molar-refractivity contribution is -0.110. The van der Waals surface area contributed by atoms with Gasteiger partial charge >= 0.3 is 0 Å². The number of rotatable bonds is 4. The van der Waals surface area contributed by atoms with Crippen LogP contribution in [0.15, 0.2) is 30.3 Å². The molecule has 3 nitrogen and oxygen atoms in total. The zero-order valence-electron chi connectivity index (χ0n) is 10.3. The zero-order valence-corrected chi connectivity index (χ0v) is 10.3. The number of carbonyl (C=O) groups is 1. The Morgan fingerprint density at radius 2 is 2.12 bits per heavy atom. The minimum Gasteiger partial charge on any atom is -0.350 e. The molecule has 0 saturated carbocycles. The van der Waals surface area contributed by atoms with E-state index in [1.807, 2.05) is 18.2 Å². The molecule has 0 radical (unpaired) electrons. The molecule has 2 atom stereocenters. The molecule has 0 unspecified atom stereocenters. The number of benzene rings is 1. The fourth-order valence-electron chi connectivity index (χ4n) is 2.69. The smallest absolute Gasteiger partial charge is 0.207 e. The minimum atomic E-state index is 0.110. The van der Waals surface area contributed by atoms with E-state index >= 15 is 0 Å². The molecule has 1 aliphatic rings. The molecule has 17 heavy (non-hydrogen) atoms. The second-order valence-corrected chi connectivity index (χ2v) is 4.72. The van der Waals surface area contributed by atoms with Crippen molar-refractivity contribution in [2.75, 3.05) is 13.6 Å². The van der Waals surface area contributed by atoms with E-state index in [0.717, 1.165) is 19.4 Å². The monoisotopic (exact) mass is 232 g/mol. The van der Waals surface area contributed by atoms with E-state index in [0.29, 0.717) is 6.04 Å². The van der Waals surface area contributed by atoms with Crippen molar-refractivity contribution < 1.29 is 4.79 Å². The molecule has 1 amide bonds. The zero-order chi connectivity index (χ0) is 12.1. The average molecular weight is 232 g/mol. The van der Waals surface area contributed by atoms with Crippen molar-refractivity contribution in [3.8, 4) is 0 Å². The van der Waals surface area contributed by atoms with Gasteiger partial charge in [-0.15, -0.1) is 0 Å². The molecule has 1 saturated heterocycles. The van der Waals surface area contributed by atoms with E-state index in [-0.39, 0.29) is 6.04 Å². The van der Waals surface area contributed by atoms with Gasteiger partial charge in [-0.25, -0.2) is 0 Å². The van der Waals surface area contributed by atoms with Crippen LogP contribution in [0.25, 0.3) is 0 Å². The molecule has 2 rings (SSSR count). The van der Waals surface area contributed by atoms with Crippen LogP contribution in [0.5, 0.6) is 0 Å². The average Bonchev–Trinajstić information content (AvgIpc) is 2.38. The molecule has 0 aromatic heterocycles. The maximum Gasteiger partial charge on any atom is 0.207 e. The summed E-state index contributed by atoms with van der Waals surface area (Å²) in [4.78, 5) is 13.2. The fraction of sp³-hybridized carbons (Fsp3) is 0.500. The molecule has 3 heteroatoms. The van der Waals surface area contributed by atoms with Crippen molar-refractivity contribution in [3.63, 3.8) is 0 Å². The van der Waals surface area contributed by atoms with E-state index < -0.39 is 0 Å². The van der Waals surface area contributed by atoms with Crippen LogP contribution in [0.3, 0.4) is 0 Å². The maximum atomic E-state index is 10.8. The predicted molar refractivity (Wildman–Crippen MR) is 68.7 cm³/mol. The Bertz CT molecular complexity index is 352. The molecule has 1 heterocycles. The third-order valence-corrected chi connectivity index (χ3v) is 3.62. The molecular formula is C14H20N2O. The number of carbonyl (C=O) groups excluding carboxylic acids is 1. The number of nitrogens with one attached hydrogen (secondary N) is 1. The fourth-order valence-corrected chi connectivity index (χ4v) is 2.69. The van der Waals surface area contributed by atoms with Gasteiger partial charge in [0.1, 0.15) is 0 Å². The van der Waals surface area contributed by atoms with Crippen molar-refractivity contribution >= 4 is 6.41 Å². The molecule has 1 fully saturated rings. The van der Waals surface area contributed by atoms with E-state index in [1.54, 1.807) is 0 Å². The molecular weight excluding hydrogens is 212 g/mol. The summed E-state index contributed by atoms with van der Waals surface area (Å²) >= 11 is 0. The van der Waals surface area contributed by atoms with Crippen molar-refractivity contribution in [1.29, 1.82) is 0 Å². The highest BCUT2D eigenvalue weighted by Gasteiger charge is 2.28. The van der Waals surface area contributed by atoms with Gasteiger partial charge in [-0.05, 0) is 32.0 Å². The van der Waals surface area contributed by atoms with Crippen LogP contribution < -0.4 is 5.32 Å². The van der Waals surface area contributed by atoms with Gasteiger partial charge in [0.25, 0.3) is 0 Å². The third kappa shape index (κ3) is 2.86. The van der Waals surface area contributed by atoms with Gasteiger partial charge < -0.3 is 10.2 Å². The van der Waals surface area contributed by atoms with E-state index in [1.165, 1.54) is 18.4 Å². The highest BCUT2D eigenvalue weighted by Crippen LogP contribution is 2.27. The van der Waals surface area contributed by atoms with Crippen molar-refractivity contribution in [2.45, 2.75) is 31.3 Å². The highest BCUT2D eigenvalue weighted by molar-refractivity contribution is 5.48. The van der Waals surface area contributed by atoms with Crippen LogP contribution in [0.1, 0.15) is 30.9 Å². The largest absolute Gasteiger partial charge is 0.350 e. The summed E-state index contributed by atoms with van der Waals surface area (Å²) in [5.74, 6) is 0. The van der Waals surface area contributed by atoms with Gasteiger partial charge in [-0.1, -0.05) is 36.8 Å². The van der Waals surface area contributed by atoms with Crippen LogP contribution in [-0.2, 0) is 4.79 Å². The normalized spacial score (nSPS) is 23.0. The lowest BCUT2D eigenvalue weighted by Crippen LogP contribution is -2.45. The van der Waals surface area contributed by atoms with Gasteiger partial charge in [0.15, 0.2) is 0 Å². The van der Waals surface area contributed by atoms with E-state index in [4.69, 9.17) is 0 Å². The number of hydrogen-bond donors (Lipinski definition) is 1. The van der Waals surface area contributed by atoms with Crippen LogP contribution in [0.2, 0.25) is 0 Å². The summed E-state index contributed by atoms with van der Waals surface area (Å²) in [6.07, 6.45) is 4.48. The molecule has 0 spiro atoms. The van der Waals surface area contributed by atoms with Crippen molar-refractivity contribution in [3.05, 3.63) is 35.9 Å². The predicted octanol–water partition coefficient (Wildman–Crippen LogP) is 1.96. The summed E-state index contributed by atoms with van der Waals surface area (Å²) in [6, 6.07) is 10.8. The van der Waals surface area contributed by atoms with E-state index in [9.17, 15) is 4.79 Å². The Morgan fingerprint density at radius 1 is 1.35 bits per heavy atom. The van der Waals surface area contributed by atoms with Crippen molar-refractivity contribution in [1.82, 2.24) is 10.2 Å². The minimum absolute atomic E-state index is 0.110. The summed E-state index contributed by atoms with van der Waals surface area (Å²) in [7, 11) is 2.15. The van der Waals surface area contributed by atoms with Gasteiger partial charge in [0.2, 0.25) is 6.41 Å². The molecule has 1 aliphatic heterocycles. The molecule has 0 bridgehead atoms. The number of likely N-dealkylation sites (N-methyl/N-ethyl adjacent to an activating group) is 1. The standard InChI is InChI=1S/C14H20N2O/c1-16-10-6-5-9-13(16)14(15-11-17)12-7-3-2-4-8-12/h2-4,7-8,11,13-14H,5-6,9-10H2,1H3,(H,15,17)/t13-,14-/m1/s1. The van der Waals surface area contributed by atoms with Gasteiger partial charge in [0, 0.05) is 6.04 Å². The van der Waals surface area contributed by atoms with Gasteiger partial charge in [-0.3, -0.25) is 4.79 Å². The first kappa shape index (κ1) is 12.1. The molecule has 1 aromatic rings. The number of hydrogen-bond acceptors (Lipinski definition) is 2. The topological polar surface area (TPSA) is 32.3 Å². The van der Waals surface area contributed by atoms with Gasteiger partial charge in [0.05, 0.1) is 6.04 Å². The Hall–Kier alpha value is -1.35. The summed E-state index contributed by atoms with van der Waals surface area (Å²) in [5, 5.41) is 2.98. The SMILES string of the molecule is CN1CCCC[C@@H]1[C@H](NC=O)c1ccccc1. The maximum absolute atomic E-state index is 10.8. The molecule has 1 N–H and O–H groups in total. The van der Waals surface area contributed by atoms with E-state index in [2.05, 4.69) is 29.4 Å². The summed E-state index contributed by atoms with van der Waals surface area (Å²) in [5.41, 5.74) is 1.19. The first-order valence-corrected chi connectivity index (χ1v) is 6.28. The Morgan fingerprint density at radius 3 is 2.76 bits per heavy atom. The Kier molecular flexibility index (Phi) is 4.15. The lowest BCUT2D eigenvalue weighted by atomic mass is 9.91. The molecule has 92 valence electrons. The summed E-state index contributed by atoms with van der Waals surface area (Å²) < 4.78 is 0. The lowest BCUT2D eigenvalue weighted by Gasteiger charge is -2.38. The van der Waals surface area contributed by atoms with Gasteiger partial charge in [-0.2, -0.15) is 0 Å². The second-order valence-electron chi connectivity index (χ2n) is 4.72. The second kappa shape index (κ2) is 5.82. The third-order valence-electron chi connectivity index (χ3n) is 3.62. The van der Waals surface area contributed by atoms with Crippen LogP contribution in [-0.4, -0.2) is 30.9 Å². The summed E-state index contributed by atoms with van der Waals surface area (Å²) in [6.45, 7) is 1.12. The van der Waals surface area contributed by atoms with Crippen LogP contribution >= 0.6 is 0 Å². The first-order valence-electron chi connectivity index (χ1n) is 6.28. The first-order chi connectivity index (χ1) is 8.33. The molecule has 1 aromatic carbocycles. The quantitative estimate of drug-likeness (QED) is 0.805. The number of piperidine rings is 1. The number of nitrogens with zero attached hydrogens (tertiary/aromatic N) is 1. The van der Waals surface area contributed by atoms with Crippen LogP contribution in [0, 0.1) is 0 Å². The number of likely N-dealkylation sites (tertiary alicyclic amines) is 1. The van der Waals surface area contributed by atoms with Crippen molar-refractivity contribution in [2.24, 2.45) is 0 Å². The Labute approximate surface area is 103 Å². The number of amides is 1. The molecule has 0 aliphatic carbocycles. The highest BCUT2D eigenvalue weighted by atomic mass is 16.1. The Balaban J connectivity index is 2.19. The van der Waals surface area contributed by atoms with Crippen LogP contribution in [0.4, 0.5) is 0 Å².